The summed E-state index contributed by atoms with van der Waals surface area (Å²) in [6, 6.07) is 9.82. The highest BCUT2D eigenvalue weighted by Crippen LogP contribution is 2.25. The Balaban J connectivity index is 1.52. The number of anilines is 1. The van der Waals surface area contributed by atoms with Gasteiger partial charge in [0.2, 0.25) is 10.0 Å². The number of sulfonamides is 1. The fourth-order valence-corrected chi connectivity index (χ4v) is 5.30. The van der Waals surface area contributed by atoms with Crippen LogP contribution in [0.1, 0.15) is 23.2 Å². The summed E-state index contributed by atoms with van der Waals surface area (Å²) in [5.74, 6) is -0.398. The molecule has 1 N–H and O–H groups in total. The summed E-state index contributed by atoms with van der Waals surface area (Å²) in [6.45, 7) is 1.05. The van der Waals surface area contributed by atoms with Crippen molar-refractivity contribution >= 4 is 32.4 Å². The lowest BCUT2D eigenvalue weighted by molar-refractivity contribution is 0.102. The minimum atomic E-state index is -3.57. The molecule has 1 aliphatic rings. The Morgan fingerprint density at radius 2 is 1.96 bits per heavy atom. The van der Waals surface area contributed by atoms with Gasteiger partial charge in [0, 0.05) is 42.0 Å². The van der Waals surface area contributed by atoms with Gasteiger partial charge in [-0.2, -0.15) is 4.31 Å². The number of hydrogen-bond donors (Lipinski definition) is 1. The maximum Gasteiger partial charge on any atom is 0.257 e. The minimum absolute atomic E-state index is 0.136. The van der Waals surface area contributed by atoms with Crippen LogP contribution in [0.4, 0.5) is 5.13 Å². The standard InChI is InChI=1S/C19H18N4O3S2/c24-18(22-19-21-17(13-27-19)15-6-4-8-20-12-15)14-5-3-7-16(11-14)28(25,26)23-9-1-2-10-23/h3-8,11-13H,1-2,9-10H2,(H,21,22,24). The highest BCUT2D eigenvalue weighted by Gasteiger charge is 2.27. The molecule has 0 unspecified atom stereocenters. The second-order valence-corrected chi connectivity index (χ2v) is 9.17. The van der Waals surface area contributed by atoms with Gasteiger partial charge in [0.15, 0.2) is 5.13 Å². The molecule has 1 fully saturated rings. The number of carbonyl (C=O) groups is 1. The monoisotopic (exact) mass is 414 g/mol. The maximum absolute atomic E-state index is 12.7. The van der Waals surface area contributed by atoms with E-state index in [2.05, 4.69) is 15.3 Å². The van der Waals surface area contributed by atoms with Gasteiger partial charge in [0.05, 0.1) is 10.6 Å². The molecule has 0 bridgehead atoms. The molecule has 9 heteroatoms. The zero-order chi connectivity index (χ0) is 19.6. The van der Waals surface area contributed by atoms with E-state index in [1.807, 2.05) is 17.5 Å². The van der Waals surface area contributed by atoms with Crippen LogP contribution in [0.25, 0.3) is 11.3 Å². The van der Waals surface area contributed by atoms with Gasteiger partial charge >= 0.3 is 0 Å². The van der Waals surface area contributed by atoms with E-state index in [1.165, 1.54) is 27.8 Å². The van der Waals surface area contributed by atoms with E-state index >= 15 is 0 Å². The van der Waals surface area contributed by atoms with E-state index in [9.17, 15) is 13.2 Å². The van der Waals surface area contributed by atoms with Crippen molar-refractivity contribution in [3.8, 4) is 11.3 Å². The third-order valence-corrected chi connectivity index (χ3v) is 7.13. The molecule has 4 rings (SSSR count). The summed E-state index contributed by atoms with van der Waals surface area (Å²) in [4.78, 5) is 21.2. The molecule has 7 nitrogen and oxygen atoms in total. The molecule has 3 aromatic rings. The van der Waals surface area contributed by atoms with Crippen molar-refractivity contribution in [2.75, 3.05) is 18.4 Å². The van der Waals surface area contributed by atoms with Gasteiger partial charge in [0.1, 0.15) is 0 Å². The number of pyridine rings is 1. The van der Waals surface area contributed by atoms with Crippen LogP contribution < -0.4 is 5.32 Å². The van der Waals surface area contributed by atoms with Gasteiger partial charge < -0.3 is 0 Å². The Morgan fingerprint density at radius 3 is 2.71 bits per heavy atom. The molecular weight excluding hydrogens is 396 g/mol. The van der Waals surface area contributed by atoms with Crippen LogP contribution in [0.5, 0.6) is 0 Å². The molecule has 0 radical (unpaired) electrons. The van der Waals surface area contributed by atoms with E-state index in [0.29, 0.717) is 18.2 Å². The summed E-state index contributed by atoms with van der Waals surface area (Å²) in [7, 11) is -3.57. The normalized spacial score (nSPS) is 14.9. The summed E-state index contributed by atoms with van der Waals surface area (Å²) in [5.41, 5.74) is 1.86. The Bertz CT molecular complexity index is 1090. The Labute approximate surface area is 167 Å². The first-order valence-electron chi connectivity index (χ1n) is 8.81. The van der Waals surface area contributed by atoms with Crippen molar-refractivity contribution in [2.45, 2.75) is 17.7 Å². The molecule has 1 amide bonds. The number of nitrogens with one attached hydrogen (secondary N) is 1. The molecule has 144 valence electrons. The lowest BCUT2D eigenvalue weighted by Gasteiger charge is -2.15. The molecule has 3 heterocycles. The number of hydrogen-bond acceptors (Lipinski definition) is 6. The fraction of sp³-hybridized carbons (Fsp3) is 0.211. The molecule has 2 aromatic heterocycles. The molecule has 0 spiro atoms. The van der Waals surface area contributed by atoms with Gasteiger partial charge in [-0.25, -0.2) is 13.4 Å². The average Bonchev–Trinajstić information content (AvgIpc) is 3.41. The highest BCUT2D eigenvalue weighted by molar-refractivity contribution is 7.89. The number of rotatable bonds is 5. The second-order valence-electron chi connectivity index (χ2n) is 6.37. The van der Waals surface area contributed by atoms with E-state index < -0.39 is 15.9 Å². The van der Waals surface area contributed by atoms with Gasteiger partial charge in [-0.15, -0.1) is 11.3 Å². The van der Waals surface area contributed by atoms with Crippen LogP contribution in [0, 0.1) is 0 Å². The number of benzene rings is 1. The quantitative estimate of drug-likeness (QED) is 0.692. The number of carbonyl (C=O) groups excluding carboxylic acids is 1. The minimum Gasteiger partial charge on any atom is -0.298 e. The van der Waals surface area contributed by atoms with E-state index in [1.54, 1.807) is 24.5 Å². The predicted molar refractivity (Wildman–Crippen MR) is 108 cm³/mol. The van der Waals surface area contributed by atoms with Gasteiger partial charge in [-0.3, -0.25) is 15.1 Å². The van der Waals surface area contributed by atoms with Gasteiger partial charge in [-0.05, 0) is 43.2 Å². The van der Waals surface area contributed by atoms with Crippen LogP contribution in [0.2, 0.25) is 0 Å². The average molecular weight is 415 g/mol. The van der Waals surface area contributed by atoms with Gasteiger partial charge in [0.25, 0.3) is 5.91 Å². The highest BCUT2D eigenvalue weighted by atomic mass is 32.2. The Morgan fingerprint density at radius 1 is 1.14 bits per heavy atom. The molecule has 0 atom stereocenters. The number of aromatic nitrogens is 2. The van der Waals surface area contributed by atoms with Gasteiger partial charge in [-0.1, -0.05) is 6.07 Å². The zero-order valence-corrected chi connectivity index (χ0v) is 16.5. The zero-order valence-electron chi connectivity index (χ0n) is 14.9. The molecule has 0 aliphatic carbocycles. The molecule has 1 aliphatic heterocycles. The Kier molecular flexibility index (Phi) is 5.21. The van der Waals surface area contributed by atoms with Crippen molar-refractivity contribution < 1.29 is 13.2 Å². The van der Waals surface area contributed by atoms with Crippen molar-refractivity contribution in [3.63, 3.8) is 0 Å². The first-order chi connectivity index (χ1) is 13.5. The fourth-order valence-electron chi connectivity index (χ4n) is 3.02. The molecule has 1 saturated heterocycles. The SMILES string of the molecule is O=C(Nc1nc(-c2cccnc2)cs1)c1cccc(S(=O)(=O)N2CCCC2)c1. The smallest absolute Gasteiger partial charge is 0.257 e. The summed E-state index contributed by atoms with van der Waals surface area (Å²) >= 11 is 1.30. The van der Waals surface area contributed by atoms with Crippen LogP contribution in [-0.4, -0.2) is 41.7 Å². The molecule has 1 aromatic carbocycles. The number of nitrogens with zero attached hydrogens (tertiary/aromatic N) is 3. The van der Waals surface area contributed by atoms with Crippen LogP contribution in [0.15, 0.2) is 59.1 Å². The topological polar surface area (TPSA) is 92.3 Å². The summed E-state index contributed by atoms with van der Waals surface area (Å²) in [5, 5.41) is 5.01. The largest absolute Gasteiger partial charge is 0.298 e. The van der Waals surface area contributed by atoms with Crippen molar-refractivity contribution in [3.05, 3.63) is 59.7 Å². The van der Waals surface area contributed by atoms with Crippen LogP contribution >= 0.6 is 11.3 Å². The lowest BCUT2D eigenvalue weighted by Crippen LogP contribution is -2.28. The summed E-state index contributed by atoms with van der Waals surface area (Å²) in [6.07, 6.45) is 5.11. The number of thiazole rings is 1. The van der Waals surface area contributed by atoms with E-state index in [-0.39, 0.29) is 10.5 Å². The van der Waals surface area contributed by atoms with Crippen molar-refractivity contribution in [1.29, 1.82) is 0 Å². The predicted octanol–water partition coefficient (Wildman–Crippen LogP) is 3.24. The maximum atomic E-state index is 12.7. The van der Waals surface area contributed by atoms with Crippen LogP contribution in [-0.2, 0) is 10.0 Å². The first kappa shape index (κ1) is 18.7. The third kappa shape index (κ3) is 3.82. The molecular formula is C19H18N4O3S2. The van der Waals surface area contributed by atoms with Crippen molar-refractivity contribution in [2.24, 2.45) is 0 Å². The second kappa shape index (κ2) is 7.78. The summed E-state index contributed by atoms with van der Waals surface area (Å²) < 4.78 is 26.9. The number of amides is 1. The van der Waals surface area contributed by atoms with Crippen molar-refractivity contribution in [1.82, 2.24) is 14.3 Å². The van der Waals surface area contributed by atoms with E-state index in [4.69, 9.17) is 0 Å². The molecule has 0 saturated carbocycles. The first-order valence-corrected chi connectivity index (χ1v) is 11.1. The molecule has 28 heavy (non-hydrogen) atoms. The van der Waals surface area contributed by atoms with E-state index in [0.717, 1.165) is 24.1 Å². The third-order valence-electron chi connectivity index (χ3n) is 4.48. The Hall–Kier alpha value is -2.62. The van der Waals surface area contributed by atoms with Crippen LogP contribution in [0.3, 0.4) is 0 Å². The lowest BCUT2D eigenvalue weighted by atomic mass is 10.2.